The minimum absolute atomic E-state index is 0.104. The van der Waals surface area contributed by atoms with Gasteiger partial charge < -0.3 is 5.73 Å². The lowest BCUT2D eigenvalue weighted by atomic mass is 9.99. The zero-order valence-corrected chi connectivity index (χ0v) is 12.8. The van der Waals surface area contributed by atoms with E-state index >= 15 is 0 Å². The largest absolute Gasteiger partial charge is 0.397 e. The van der Waals surface area contributed by atoms with Crippen molar-refractivity contribution in [2.45, 2.75) is 23.6 Å². The first-order valence-electron chi connectivity index (χ1n) is 5.71. The Morgan fingerprint density at radius 2 is 1.52 bits per heavy atom. The van der Waals surface area contributed by atoms with Gasteiger partial charge in [-0.05, 0) is 53.9 Å². The monoisotopic (exact) mass is 331 g/mol. The molecule has 0 saturated carbocycles. The molecule has 0 aromatic heterocycles. The van der Waals surface area contributed by atoms with E-state index in [0.717, 1.165) is 12.1 Å². The van der Waals surface area contributed by atoms with Gasteiger partial charge in [-0.2, -0.15) is 16.8 Å². The summed E-state index contributed by atoms with van der Waals surface area (Å²) in [6, 6.07) is 3.46. The number of aryl methyl sites for hydroxylation is 2. The van der Waals surface area contributed by atoms with Crippen LogP contribution < -0.4 is 5.73 Å². The van der Waals surface area contributed by atoms with Crippen molar-refractivity contribution in [2.75, 3.05) is 5.73 Å². The predicted molar refractivity (Wildman–Crippen MR) is 77.5 cm³/mol. The summed E-state index contributed by atoms with van der Waals surface area (Å²) in [5.41, 5.74) is 6.52. The highest BCUT2D eigenvalue weighted by atomic mass is 32.2. The lowest BCUT2D eigenvalue weighted by Crippen LogP contribution is -2.06. The number of rotatable bonds is 2. The van der Waals surface area contributed by atoms with Crippen LogP contribution in [-0.2, 0) is 20.2 Å². The van der Waals surface area contributed by atoms with Crippen LogP contribution in [0.4, 0.5) is 5.69 Å². The van der Waals surface area contributed by atoms with Gasteiger partial charge in [0.2, 0.25) is 0 Å². The lowest BCUT2D eigenvalue weighted by molar-refractivity contribution is 0.481. The number of anilines is 1. The highest BCUT2D eigenvalue weighted by molar-refractivity contribution is 7.86. The van der Waals surface area contributed by atoms with E-state index in [0.29, 0.717) is 16.5 Å². The van der Waals surface area contributed by atoms with Crippen LogP contribution in [0.5, 0.6) is 0 Å². The first kappa shape index (κ1) is 15.7. The summed E-state index contributed by atoms with van der Waals surface area (Å²) in [7, 11) is -8.98. The number of nitrogen functional groups attached to an aromatic ring is 1. The van der Waals surface area contributed by atoms with Crippen molar-refractivity contribution in [3.8, 4) is 0 Å². The highest BCUT2D eigenvalue weighted by Gasteiger charge is 2.20. The third-order valence-corrected chi connectivity index (χ3v) is 4.97. The van der Waals surface area contributed by atoms with Gasteiger partial charge in [0.15, 0.2) is 0 Å². The molecule has 0 amide bonds. The first-order chi connectivity index (χ1) is 9.43. The van der Waals surface area contributed by atoms with E-state index in [2.05, 4.69) is 0 Å². The smallest absolute Gasteiger partial charge is 0.296 e. The second kappa shape index (κ2) is 4.67. The molecular formula is C12H13NO6S2. The minimum atomic E-state index is -4.55. The molecule has 0 bridgehead atoms. The molecule has 21 heavy (non-hydrogen) atoms. The van der Waals surface area contributed by atoms with Crippen molar-refractivity contribution < 1.29 is 25.9 Å². The normalized spacial score (nSPS) is 12.8. The van der Waals surface area contributed by atoms with E-state index in [1.165, 1.54) is 6.07 Å². The molecule has 2 aromatic rings. The summed E-state index contributed by atoms with van der Waals surface area (Å²) in [5.74, 6) is 0. The van der Waals surface area contributed by atoms with Crippen LogP contribution in [0.25, 0.3) is 10.8 Å². The van der Waals surface area contributed by atoms with Gasteiger partial charge in [0.25, 0.3) is 20.2 Å². The Hall–Kier alpha value is -1.68. The van der Waals surface area contributed by atoms with E-state index in [-0.39, 0.29) is 16.0 Å². The molecule has 0 spiro atoms. The summed E-state index contributed by atoms with van der Waals surface area (Å²) >= 11 is 0. The van der Waals surface area contributed by atoms with Gasteiger partial charge >= 0.3 is 0 Å². The number of nitrogens with two attached hydrogens (primary N) is 1. The van der Waals surface area contributed by atoms with Crippen LogP contribution in [0.3, 0.4) is 0 Å². The van der Waals surface area contributed by atoms with Gasteiger partial charge in [0.1, 0.15) is 4.90 Å². The van der Waals surface area contributed by atoms with Crippen LogP contribution >= 0.6 is 0 Å². The maximum Gasteiger partial charge on any atom is 0.296 e. The predicted octanol–water partition coefficient (Wildman–Crippen LogP) is 1.53. The van der Waals surface area contributed by atoms with Gasteiger partial charge in [0.05, 0.1) is 10.6 Å². The second-order valence-corrected chi connectivity index (χ2v) is 7.51. The van der Waals surface area contributed by atoms with E-state index < -0.39 is 25.1 Å². The minimum Gasteiger partial charge on any atom is -0.397 e. The fraction of sp³-hybridized carbons (Fsp3) is 0.167. The Balaban J connectivity index is 3.03. The highest BCUT2D eigenvalue weighted by Crippen LogP contribution is 2.33. The Morgan fingerprint density at radius 3 is 2.00 bits per heavy atom. The first-order valence-corrected chi connectivity index (χ1v) is 8.59. The van der Waals surface area contributed by atoms with Crippen LogP contribution in [0.1, 0.15) is 11.1 Å². The molecule has 4 N–H and O–H groups in total. The average molecular weight is 331 g/mol. The zero-order chi connectivity index (χ0) is 16.2. The molecule has 0 radical (unpaired) electrons. The summed E-state index contributed by atoms with van der Waals surface area (Å²) in [4.78, 5) is -0.864. The maximum atomic E-state index is 11.3. The molecule has 0 atom stereocenters. The molecule has 0 unspecified atom stereocenters. The summed E-state index contributed by atoms with van der Waals surface area (Å²) in [5, 5.41) is 0.800. The fourth-order valence-electron chi connectivity index (χ4n) is 2.31. The standard InChI is InChI=1S/C12H13NO6S2/c1-6-3-9(20(14,15)16)4-8-5-10(21(17,18)19)12(13)7(2)11(6)8/h3-5H,13H2,1-2H3,(H,14,15,16)(H,17,18,19). The third kappa shape index (κ3) is 2.72. The van der Waals surface area contributed by atoms with E-state index in [1.807, 2.05) is 0 Å². The topological polar surface area (TPSA) is 135 Å². The third-order valence-electron chi connectivity index (χ3n) is 3.25. The van der Waals surface area contributed by atoms with Crippen molar-refractivity contribution in [1.29, 1.82) is 0 Å². The van der Waals surface area contributed by atoms with Crippen molar-refractivity contribution >= 4 is 36.7 Å². The van der Waals surface area contributed by atoms with Gasteiger partial charge in [-0.15, -0.1) is 0 Å². The molecule has 7 nitrogen and oxygen atoms in total. The van der Waals surface area contributed by atoms with Crippen molar-refractivity contribution in [3.63, 3.8) is 0 Å². The Morgan fingerprint density at radius 1 is 0.952 bits per heavy atom. The molecule has 0 aliphatic heterocycles. The van der Waals surface area contributed by atoms with Crippen LogP contribution in [0, 0.1) is 13.8 Å². The van der Waals surface area contributed by atoms with Crippen molar-refractivity contribution in [1.82, 2.24) is 0 Å². The van der Waals surface area contributed by atoms with Gasteiger partial charge in [-0.3, -0.25) is 9.11 Å². The van der Waals surface area contributed by atoms with Crippen LogP contribution in [0.2, 0.25) is 0 Å². The molecule has 0 heterocycles. The zero-order valence-electron chi connectivity index (χ0n) is 11.2. The molecule has 2 aromatic carbocycles. The molecule has 9 heteroatoms. The van der Waals surface area contributed by atoms with Crippen molar-refractivity contribution in [2.24, 2.45) is 0 Å². The number of fused-ring (bicyclic) bond motifs is 1. The summed E-state index contributed by atoms with van der Waals surface area (Å²) < 4.78 is 63.4. The SMILES string of the molecule is Cc1cc(S(=O)(=O)O)cc2cc(S(=O)(=O)O)c(N)c(C)c12. The Bertz CT molecular complexity index is 961. The molecule has 114 valence electrons. The van der Waals surface area contributed by atoms with Crippen LogP contribution in [0.15, 0.2) is 28.0 Å². The second-order valence-electron chi connectivity index (χ2n) is 4.70. The average Bonchev–Trinajstić information content (AvgIpc) is 2.30. The molecule has 0 fully saturated rings. The Labute approximate surface area is 121 Å². The molecule has 0 aliphatic rings. The van der Waals surface area contributed by atoms with Gasteiger partial charge in [0, 0.05) is 0 Å². The Kier molecular flexibility index (Phi) is 3.49. The number of hydrogen-bond donors (Lipinski definition) is 3. The van der Waals surface area contributed by atoms with Gasteiger partial charge in [-0.1, -0.05) is 0 Å². The fourth-order valence-corrected chi connectivity index (χ4v) is 3.62. The molecule has 2 rings (SSSR count). The van der Waals surface area contributed by atoms with E-state index in [4.69, 9.17) is 10.3 Å². The van der Waals surface area contributed by atoms with Crippen LogP contribution in [-0.4, -0.2) is 25.9 Å². The lowest BCUT2D eigenvalue weighted by Gasteiger charge is -2.13. The molecule has 0 saturated heterocycles. The van der Waals surface area contributed by atoms with E-state index in [1.54, 1.807) is 13.8 Å². The maximum absolute atomic E-state index is 11.3. The quantitative estimate of drug-likeness (QED) is 0.561. The summed E-state index contributed by atoms with van der Waals surface area (Å²) in [6.45, 7) is 3.17. The molecular weight excluding hydrogens is 318 g/mol. The molecule has 0 aliphatic carbocycles. The van der Waals surface area contributed by atoms with Crippen molar-refractivity contribution in [3.05, 3.63) is 29.3 Å². The number of benzene rings is 2. The van der Waals surface area contributed by atoms with E-state index in [9.17, 15) is 21.4 Å². The summed E-state index contributed by atoms with van der Waals surface area (Å²) in [6.07, 6.45) is 0. The van der Waals surface area contributed by atoms with Gasteiger partial charge in [-0.25, -0.2) is 0 Å². The number of hydrogen-bond acceptors (Lipinski definition) is 5.